The summed E-state index contributed by atoms with van der Waals surface area (Å²) in [5, 5.41) is 17.4. The number of benzene rings is 2. The number of aromatic hydroxyl groups is 1. The number of carbonyl (C=O) groups is 4. The van der Waals surface area contributed by atoms with Crippen LogP contribution in [0.15, 0.2) is 24.3 Å². The van der Waals surface area contributed by atoms with Crippen molar-refractivity contribution in [1.82, 2.24) is 0 Å². The van der Waals surface area contributed by atoms with Crippen LogP contribution in [0, 0.1) is 0 Å². The van der Waals surface area contributed by atoms with E-state index in [0.29, 0.717) is 36.3 Å². The first-order valence-electron chi connectivity index (χ1n) is 6.13. The van der Waals surface area contributed by atoms with Crippen molar-refractivity contribution in [1.29, 1.82) is 0 Å². The zero-order valence-electron chi connectivity index (χ0n) is 11.2. The minimum Gasteiger partial charge on any atom is -0.592 e. The van der Waals surface area contributed by atoms with E-state index < -0.39 is 5.75 Å². The highest BCUT2D eigenvalue weighted by atomic mass is 16.3. The molecule has 0 heterocycles. The highest BCUT2D eigenvalue weighted by Gasteiger charge is 2.16. The summed E-state index contributed by atoms with van der Waals surface area (Å²) in [7, 11) is 0. The van der Waals surface area contributed by atoms with Gasteiger partial charge in [0.15, 0.2) is 25.1 Å². The van der Waals surface area contributed by atoms with E-state index in [4.69, 9.17) is 5.11 Å². The maximum absolute atomic E-state index is 11.0. The summed E-state index contributed by atoms with van der Waals surface area (Å²) in [5.41, 5.74) is 0.588. The molecular weight excluding hydrogens is 288 g/mol. The summed E-state index contributed by atoms with van der Waals surface area (Å²) in [4.78, 5) is 43.9. The lowest BCUT2D eigenvalue weighted by atomic mass is 9.96. The smallest absolute Gasteiger partial charge is 0.275 e. The molecule has 2 aromatic rings. The van der Waals surface area contributed by atoms with Crippen LogP contribution in [0.25, 0.3) is 11.1 Å². The minimum atomic E-state index is -0.433. The Morgan fingerprint density at radius 1 is 0.682 bits per heavy atom. The van der Waals surface area contributed by atoms with Crippen molar-refractivity contribution in [2.24, 2.45) is 0 Å². The van der Waals surface area contributed by atoms with Crippen LogP contribution in [-0.2, 0) is 0 Å². The summed E-state index contributed by atoms with van der Waals surface area (Å²) in [6.45, 7) is 0. The number of phenols is 1. The van der Waals surface area contributed by atoms with Crippen LogP contribution in [0.4, 0.5) is 0 Å². The van der Waals surface area contributed by atoms with Crippen molar-refractivity contribution in [2.75, 3.05) is 0 Å². The van der Waals surface area contributed by atoms with Crippen molar-refractivity contribution < 1.29 is 29.4 Å². The Morgan fingerprint density at radius 3 is 1.32 bits per heavy atom. The Morgan fingerprint density at radius 2 is 1.00 bits per heavy atom. The molecule has 0 spiro atoms. The molecule has 0 saturated heterocycles. The third-order valence-electron chi connectivity index (χ3n) is 3.21. The van der Waals surface area contributed by atoms with Gasteiger partial charge in [0.2, 0.25) is 0 Å². The number of rotatable bonds is 5. The second-order valence-electron chi connectivity index (χ2n) is 4.50. The standard InChI is InChI=1S/C16H10O6/c17-5-11-1-9(2-12(6-18)15(11)21)10-3-13(7-19)16(22)14(4-10)8-20/h1-8,21-22H/p+1. The molecule has 0 aliphatic heterocycles. The lowest BCUT2D eigenvalue weighted by Gasteiger charge is -2.08. The van der Waals surface area contributed by atoms with E-state index in [0.717, 1.165) is 0 Å². The maximum Gasteiger partial charge on any atom is 0.275 e. The van der Waals surface area contributed by atoms with Crippen LogP contribution in [0.1, 0.15) is 41.4 Å². The van der Waals surface area contributed by atoms with E-state index in [-0.39, 0.29) is 28.0 Å². The van der Waals surface area contributed by atoms with Gasteiger partial charge in [-0.2, -0.15) is 0 Å². The predicted molar refractivity (Wildman–Crippen MR) is 78.2 cm³/mol. The third kappa shape index (κ3) is 2.49. The number of carbonyl (C=O) groups excluding carboxylic acids is 4. The molecule has 0 fully saturated rings. The molecule has 6 heteroatoms. The van der Waals surface area contributed by atoms with E-state index in [1.807, 2.05) is 0 Å². The second-order valence-corrected chi connectivity index (χ2v) is 4.50. The fourth-order valence-corrected chi connectivity index (χ4v) is 2.07. The van der Waals surface area contributed by atoms with Crippen LogP contribution in [0.5, 0.6) is 11.5 Å². The highest BCUT2D eigenvalue weighted by Crippen LogP contribution is 2.32. The Hall–Kier alpha value is -3.28. The van der Waals surface area contributed by atoms with Crippen molar-refractivity contribution in [3.05, 3.63) is 46.5 Å². The molecule has 0 amide bonds. The number of hydrogen-bond donors (Lipinski definition) is 1. The molecule has 0 atom stereocenters. The Kier molecular flexibility index (Phi) is 4.13. The normalized spacial score (nSPS) is 10.0. The lowest BCUT2D eigenvalue weighted by Crippen LogP contribution is -1.94. The van der Waals surface area contributed by atoms with Gasteiger partial charge in [-0.1, -0.05) is 0 Å². The van der Waals surface area contributed by atoms with E-state index in [1.165, 1.54) is 24.3 Å². The van der Waals surface area contributed by atoms with Gasteiger partial charge in [0, 0.05) is 0 Å². The molecule has 6 nitrogen and oxygen atoms in total. The largest absolute Gasteiger partial charge is 0.592 e. The van der Waals surface area contributed by atoms with Crippen molar-refractivity contribution in [3.63, 3.8) is 0 Å². The van der Waals surface area contributed by atoms with E-state index in [1.54, 1.807) is 0 Å². The second kappa shape index (κ2) is 6.01. The van der Waals surface area contributed by atoms with Crippen LogP contribution < -0.4 is 0 Å². The molecule has 0 saturated carbocycles. The lowest BCUT2D eigenvalue weighted by molar-refractivity contribution is 0.110. The maximum atomic E-state index is 11.0. The number of aldehydes is 4. The Labute approximate surface area is 124 Å². The number of hydrogen-bond acceptors (Lipinski definition) is 5. The summed E-state index contributed by atoms with van der Waals surface area (Å²) in [5.74, 6) is -0.629. The third-order valence-corrected chi connectivity index (χ3v) is 3.21. The summed E-state index contributed by atoms with van der Waals surface area (Å²) in [6, 6.07) is 5.41. The van der Waals surface area contributed by atoms with Crippen LogP contribution in [-0.4, -0.2) is 35.4 Å². The van der Waals surface area contributed by atoms with E-state index >= 15 is 0 Å². The molecule has 2 rings (SSSR count). The van der Waals surface area contributed by atoms with Gasteiger partial charge in [-0.05, 0) is 35.4 Å². The Bertz CT molecular complexity index is 666. The Balaban J connectivity index is 2.76. The van der Waals surface area contributed by atoms with Crippen molar-refractivity contribution in [2.45, 2.75) is 0 Å². The van der Waals surface area contributed by atoms with Gasteiger partial charge in [-0.3, -0.25) is 19.2 Å². The first kappa shape index (κ1) is 15.1. The van der Waals surface area contributed by atoms with Gasteiger partial charge in [-0.25, -0.2) is 0 Å². The predicted octanol–water partition coefficient (Wildman–Crippen LogP) is 1.75. The first-order valence-corrected chi connectivity index (χ1v) is 6.13. The highest BCUT2D eigenvalue weighted by molar-refractivity contribution is 5.95. The molecule has 3 N–H and O–H groups in total. The van der Waals surface area contributed by atoms with Gasteiger partial charge < -0.3 is 10.2 Å². The van der Waals surface area contributed by atoms with Crippen LogP contribution in [0.3, 0.4) is 0 Å². The zero-order valence-corrected chi connectivity index (χ0v) is 11.2. The molecule has 0 unspecified atom stereocenters. The SMILES string of the molecule is O=Cc1cc(-c2cc(C=O)c([OH2+])c(C=O)c2)cc(C=O)c1O. The van der Waals surface area contributed by atoms with Crippen molar-refractivity contribution >= 4 is 25.1 Å². The molecule has 0 bridgehead atoms. The van der Waals surface area contributed by atoms with E-state index in [2.05, 4.69) is 0 Å². The van der Waals surface area contributed by atoms with Gasteiger partial charge in [0.05, 0.1) is 11.1 Å². The van der Waals surface area contributed by atoms with Gasteiger partial charge in [0.25, 0.3) is 5.75 Å². The van der Waals surface area contributed by atoms with E-state index in [9.17, 15) is 24.3 Å². The minimum absolute atomic E-state index is 0.00739. The molecule has 0 aromatic heterocycles. The van der Waals surface area contributed by atoms with Gasteiger partial charge in [-0.15, -0.1) is 0 Å². The molecular formula is C16H11O6+. The molecule has 2 aromatic carbocycles. The average molecular weight is 299 g/mol. The quantitative estimate of drug-likeness (QED) is 0.667. The number of phenolic OH excluding ortho intramolecular Hbond substituents is 1. The summed E-state index contributed by atoms with van der Waals surface area (Å²) >= 11 is 0. The molecule has 0 aliphatic rings. The average Bonchev–Trinajstić information content (AvgIpc) is 2.55. The van der Waals surface area contributed by atoms with Gasteiger partial charge >= 0.3 is 0 Å². The summed E-state index contributed by atoms with van der Waals surface area (Å²) < 4.78 is 0. The molecule has 0 aliphatic carbocycles. The zero-order chi connectivity index (χ0) is 16.3. The van der Waals surface area contributed by atoms with Gasteiger partial charge in [0.1, 0.15) is 16.9 Å². The monoisotopic (exact) mass is 299 g/mol. The first-order chi connectivity index (χ1) is 10.5. The molecule has 0 radical (unpaired) electrons. The topological polar surface area (TPSA) is 111 Å². The van der Waals surface area contributed by atoms with Crippen molar-refractivity contribution in [3.8, 4) is 22.6 Å². The fourth-order valence-electron chi connectivity index (χ4n) is 2.07. The molecule has 110 valence electrons. The molecule has 22 heavy (non-hydrogen) atoms. The van der Waals surface area contributed by atoms with Crippen LogP contribution in [0.2, 0.25) is 0 Å². The summed E-state index contributed by atoms with van der Waals surface area (Å²) in [6.07, 6.45) is 1.68. The fraction of sp³-hybridized carbons (Fsp3) is 0. The van der Waals surface area contributed by atoms with Crippen LogP contribution >= 0.6 is 0 Å².